The summed E-state index contributed by atoms with van der Waals surface area (Å²) in [7, 11) is 0. The fourth-order valence-electron chi connectivity index (χ4n) is 2.89. The summed E-state index contributed by atoms with van der Waals surface area (Å²) in [6.07, 6.45) is 6.53. The lowest BCUT2D eigenvalue weighted by atomic mass is 10.00. The number of unbranched alkanes of at least 4 members (excludes halogenated alkanes) is 3. The van der Waals surface area contributed by atoms with E-state index < -0.39 is 0 Å². The average Bonchev–Trinajstić information content (AvgIpc) is 3.14. The molecule has 0 nitrogen and oxygen atoms in total. The van der Waals surface area contributed by atoms with Crippen LogP contribution in [0.3, 0.4) is 0 Å². The molecule has 0 atom stereocenters. The van der Waals surface area contributed by atoms with Crippen LogP contribution < -0.4 is 0 Å². The van der Waals surface area contributed by atoms with Crippen LogP contribution in [0.4, 0.5) is 0 Å². The Labute approximate surface area is 143 Å². The van der Waals surface area contributed by atoms with E-state index >= 15 is 0 Å². The Bertz CT molecular complexity index is 691. The van der Waals surface area contributed by atoms with Crippen LogP contribution in [0.15, 0.2) is 66.0 Å². The number of thiophene rings is 1. The monoisotopic (exact) mass is 320 g/mol. The maximum absolute atomic E-state index is 2.29. The summed E-state index contributed by atoms with van der Waals surface area (Å²) < 4.78 is 0. The lowest BCUT2D eigenvalue weighted by molar-refractivity contribution is 0.667. The van der Waals surface area contributed by atoms with Gasteiger partial charge in [-0.3, -0.25) is 0 Å². The zero-order valence-corrected chi connectivity index (χ0v) is 14.6. The second-order valence-electron chi connectivity index (χ2n) is 6.06. The number of rotatable bonds is 7. The van der Waals surface area contributed by atoms with Gasteiger partial charge in [0.1, 0.15) is 0 Å². The summed E-state index contributed by atoms with van der Waals surface area (Å²) in [5.41, 5.74) is 5.36. The van der Waals surface area contributed by atoms with E-state index in [0.29, 0.717) is 0 Å². The third kappa shape index (κ3) is 4.33. The van der Waals surface area contributed by atoms with E-state index in [1.54, 1.807) is 11.3 Å². The zero-order chi connectivity index (χ0) is 15.9. The molecule has 0 radical (unpaired) electrons. The molecule has 0 amide bonds. The predicted octanol–water partition coefficient (Wildman–Crippen LogP) is 7.20. The normalized spacial score (nSPS) is 10.8. The molecule has 0 aliphatic rings. The minimum atomic E-state index is 1.21. The van der Waals surface area contributed by atoms with Gasteiger partial charge in [0.15, 0.2) is 0 Å². The highest BCUT2D eigenvalue weighted by atomic mass is 32.1. The first-order valence-electron chi connectivity index (χ1n) is 8.60. The Morgan fingerprint density at radius 3 is 1.96 bits per heavy atom. The van der Waals surface area contributed by atoms with Crippen molar-refractivity contribution in [3.8, 4) is 21.6 Å². The van der Waals surface area contributed by atoms with Crippen molar-refractivity contribution >= 4 is 11.3 Å². The fraction of sp³-hybridized carbons (Fsp3) is 0.273. The molecule has 0 fully saturated rings. The van der Waals surface area contributed by atoms with E-state index in [1.807, 2.05) is 0 Å². The van der Waals surface area contributed by atoms with E-state index in [2.05, 4.69) is 73.0 Å². The van der Waals surface area contributed by atoms with Gasteiger partial charge in [-0.05, 0) is 46.5 Å². The van der Waals surface area contributed by atoms with Crippen molar-refractivity contribution in [1.82, 2.24) is 0 Å². The third-order valence-electron chi connectivity index (χ3n) is 4.30. The molecule has 3 rings (SSSR count). The molecular formula is C22H24S. The molecule has 0 unspecified atom stereocenters. The maximum Gasteiger partial charge on any atom is 0.0342 e. The maximum atomic E-state index is 2.29. The number of benzene rings is 2. The first-order valence-corrected chi connectivity index (χ1v) is 9.48. The Balaban J connectivity index is 1.65. The molecule has 0 saturated heterocycles. The van der Waals surface area contributed by atoms with Crippen molar-refractivity contribution in [2.75, 3.05) is 0 Å². The highest BCUT2D eigenvalue weighted by Crippen LogP contribution is 2.28. The Morgan fingerprint density at radius 2 is 1.35 bits per heavy atom. The van der Waals surface area contributed by atoms with Gasteiger partial charge in [-0.2, -0.15) is 0 Å². The van der Waals surface area contributed by atoms with Crippen molar-refractivity contribution in [1.29, 1.82) is 0 Å². The summed E-state index contributed by atoms with van der Waals surface area (Å²) in [5.74, 6) is 0. The quantitative estimate of drug-likeness (QED) is 0.404. The summed E-state index contributed by atoms with van der Waals surface area (Å²) in [5, 5.41) is 2.13. The summed E-state index contributed by atoms with van der Waals surface area (Å²) in [6, 6.07) is 22.3. The first kappa shape index (κ1) is 16.0. The van der Waals surface area contributed by atoms with Gasteiger partial charge in [0.25, 0.3) is 0 Å². The van der Waals surface area contributed by atoms with Crippen molar-refractivity contribution in [2.24, 2.45) is 0 Å². The highest BCUT2D eigenvalue weighted by Gasteiger charge is 2.01. The summed E-state index contributed by atoms with van der Waals surface area (Å²) in [4.78, 5) is 1.33. The summed E-state index contributed by atoms with van der Waals surface area (Å²) >= 11 is 1.79. The van der Waals surface area contributed by atoms with E-state index in [9.17, 15) is 0 Å². The molecule has 0 aliphatic carbocycles. The molecule has 0 bridgehead atoms. The van der Waals surface area contributed by atoms with E-state index in [1.165, 1.54) is 59.2 Å². The molecule has 0 N–H and O–H groups in total. The molecular weight excluding hydrogens is 296 g/mol. The van der Waals surface area contributed by atoms with Gasteiger partial charge in [0, 0.05) is 4.88 Å². The van der Waals surface area contributed by atoms with E-state index in [-0.39, 0.29) is 0 Å². The van der Waals surface area contributed by atoms with Crippen LogP contribution in [-0.4, -0.2) is 0 Å². The highest BCUT2D eigenvalue weighted by molar-refractivity contribution is 7.13. The number of hydrogen-bond acceptors (Lipinski definition) is 1. The van der Waals surface area contributed by atoms with Crippen molar-refractivity contribution in [3.63, 3.8) is 0 Å². The van der Waals surface area contributed by atoms with Crippen LogP contribution in [-0.2, 0) is 6.42 Å². The summed E-state index contributed by atoms with van der Waals surface area (Å²) in [6.45, 7) is 2.26. The molecule has 1 heteroatoms. The fourth-order valence-corrected chi connectivity index (χ4v) is 3.62. The van der Waals surface area contributed by atoms with Gasteiger partial charge in [-0.25, -0.2) is 0 Å². The molecule has 3 aromatic rings. The SMILES string of the molecule is CCCCCCc1ccc(-c2ccc(-c3cccs3)cc2)cc1. The van der Waals surface area contributed by atoms with Crippen LogP contribution >= 0.6 is 11.3 Å². The first-order chi connectivity index (χ1) is 11.4. The third-order valence-corrected chi connectivity index (χ3v) is 5.22. The standard InChI is InChI=1S/C22H24S/c1-2-3-4-5-7-18-9-11-19(12-10-18)20-13-15-21(16-14-20)22-8-6-17-23-22/h6,8-17H,2-5,7H2,1H3. The number of hydrogen-bond donors (Lipinski definition) is 0. The smallest absolute Gasteiger partial charge is 0.0342 e. The second kappa shape index (κ2) is 8.12. The van der Waals surface area contributed by atoms with Gasteiger partial charge < -0.3 is 0 Å². The van der Waals surface area contributed by atoms with Crippen LogP contribution in [0, 0.1) is 0 Å². The largest absolute Gasteiger partial charge is 0.144 e. The van der Waals surface area contributed by atoms with Crippen LogP contribution in [0.25, 0.3) is 21.6 Å². The van der Waals surface area contributed by atoms with E-state index in [4.69, 9.17) is 0 Å². The molecule has 0 spiro atoms. The Morgan fingerprint density at radius 1 is 0.696 bits per heavy atom. The molecule has 2 aromatic carbocycles. The molecule has 118 valence electrons. The molecule has 1 aromatic heterocycles. The van der Waals surface area contributed by atoms with Crippen LogP contribution in [0.5, 0.6) is 0 Å². The molecule has 23 heavy (non-hydrogen) atoms. The zero-order valence-electron chi connectivity index (χ0n) is 13.8. The van der Waals surface area contributed by atoms with Crippen LogP contribution in [0.1, 0.15) is 38.2 Å². The predicted molar refractivity (Wildman–Crippen MR) is 103 cm³/mol. The second-order valence-corrected chi connectivity index (χ2v) is 7.01. The lowest BCUT2D eigenvalue weighted by Gasteiger charge is -2.06. The number of aryl methyl sites for hydroxylation is 1. The van der Waals surface area contributed by atoms with E-state index in [0.717, 1.165) is 0 Å². The lowest BCUT2D eigenvalue weighted by Crippen LogP contribution is -1.86. The van der Waals surface area contributed by atoms with Crippen molar-refractivity contribution in [3.05, 3.63) is 71.6 Å². The topological polar surface area (TPSA) is 0 Å². The molecule has 0 saturated carbocycles. The molecule has 0 aliphatic heterocycles. The Kier molecular flexibility index (Phi) is 5.65. The van der Waals surface area contributed by atoms with Gasteiger partial charge in [0.2, 0.25) is 0 Å². The van der Waals surface area contributed by atoms with Gasteiger partial charge in [0.05, 0.1) is 0 Å². The van der Waals surface area contributed by atoms with Crippen molar-refractivity contribution < 1.29 is 0 Å². The van der Waals surface area contributed by atoms with Crippen LogP contribution in [0.2, 0.25) is 0 Å². The average molecular weight is 321 g/mol. The van der Waals surface area contributed by atoms with Crippen molar-refractivity contribution in [2.45, 2.75) is 39.0 Å². The minimum absolute atomic E-state index is 1.21. The van der Waals surface area contributed by atoms with Gasteiger partial charge in [-0.1, -0.05) is 80.8 Å². The van der Waals surface area contributed by atoms with Gasteiger partial charge >= 0.3 is 0 Å². The van der Waals surface area contributed by atoms with Gasteiger partial charge in [-0.15, -0.1) is 11.3 Å². The molecule has 1 heterocycles. The Hall–Kier alpha value is -1.86. The minimum Gasteiger partial charge on any atom is -0.144 e.